The molecule has 134 valence electrons. The van der Waals surface area contributed by atoms with Gasteiger partial charge in [-0.1, -0.05) is 55.5 Å². The summed E-state index contributed by atoms with van der Waals surface area (Å²) in [5, 5.41) is 0.895. The van der Waals surface area contributed by atoms with Crippen molar-refractivity contribution in [2.75, 3.05) is 0 Å². The highest BCUT2D eigenvalue weighted by Gasteiger charge is 2.51. The maximum atomic E-state index is 12.5. The Hall–Kier alpha value is -1.28. The topological polar surface area (TPSA) is 43.4 Å². The van der Waals surface area contributed by atoms with Crippen molar-refractivity contribution < 1.29 is 25.8 Å². The second-order valence-electron chi connectivity index (χ2n) is 6.92. The van der Waals surface area contributed by atoms with Gasteiger partial charge >= 0.3 is 15.6 Å². The second kappa shape index (κ2) is 6.22. The lowest BCUT2D eigenvalue weighted by molar-refractivity contribution is -0.0525. The molecule has 1 aromatic carbocycles. The van der Waals surface area contributed by atoms with Gasteiger partial charge < -0.3 is 4.18 Å². The summed E-state index contributed by atoms with van der Waals surface area (Å²) in [6.07, 6.45) is 2.94. The molecule has 0 saturated carbocycles. The van der Waals surface area contributed by atoms with Crippen molar-refractivity contribution >= 4 is 23.4 Å². The van der Waals surface area contributed by atoms with Crippen LogP contribution in [-0.4, -0.2) is 22.0 Å². The van der Waals surface area contributed by atoms with Gasteiger partial charge in [0.15, 0.2) is 0 Å². The van der Waals surface area contributed by atoms with E-state index in [1.807, 2.05) is 37.3 Å². The summed E-state index contributed by atoms with van der Waals surface area (Å²) in [5.41, 5.74) is -5.41. The molecule has 1 aliphatic carbocycles. The third-order valence-electron chi connectivity index (χ3n) is 5.14. The fourth-order valence-corrected chi connectivity index (χ4v) is 6.70. The van der Waals surface area contributed by atoms with E-state index in [2.05, 4.69) is 17.3 Å². The predicted octanol–water partition coefficient (Wildman–Crippen LogP) is 4.30. The molecule has 0 bridgehead atoms. The smallest absolute Gasteiger partial charge is 0.381 e. The average molecular weight is 378 g/mol. The molecule has 0 amide bonds. The van der Waals surface area contributed by atoms with Gasteiger partial charge in [0.25, 0.3) is 0 Å². The number of halogens is 3. The van der Waals surface area contributed by atoms with Crippen LogP contribution in [0.5, 0.6) is 0 Å². The minimum Gasteiger partial charge on any atom is -0.381 e. The molecule has 0 aliphatic heterocycles. The Labute approximate surface area is 141 Å². The normalized spacial score (nSPS) is 22.8. The summed E-state index contributed by atoms with van der Waals surface area (Å²) < 4.78 is 64.6. The van der Waals surface area contributed by atoms with Gasteiger partial charge in [-0.15, -0.1) is 0 Å². The maximum Gasteiger partial charge on any atom is 0.534 e. The number of benzene rings is 1. The molecule has 2 rings (SSSR count). The van der Waals surface area contributed by atoms with Gasteiger partial charge in [-0.2, -0.15) is 21.6 Å². The van der Waals surface area contributed by atoms with Gasteiger partial charge in [0, 0.05) is 6.42 Å². The largest absolute Gasteiger partial charge is 0.534 e. The lowest BCUT2D eigenvalue weighted by Crippen LogP contribution is -2.52. The van der Waals surface area contributed by atoms with Crippen LogP contribution in [0, 0.1) is 0 Å². The molecule has 0 spiro atoms. The zero-order valence-corrected chi connectivity index (χ0v) is 15.7. The van der Waals surface area contributed by atoms with Gasteiger partial charge in [0.2, 0.25) is 0 Å². The van der Waals surface area contributed by atoms with Gasteiger partial charge in [-0.25, -0.2) is 0 Å². The summed E-state index contributed by atoms with van der Waals surface area (Å²) >= 11 is 0. The number of hydrogen-bond acceptors (Lipinski definition) is 3. The van der Waals surface area contributed by atoms with Crippen LogP contribution in [0.1, 0.15) is 26.2 Å². The van der Waals surface area contributed by atoms with Crippen LogP contribution in [-0.2, 0) is 14.3 Å². The van der Waals surface area contributed by atoms with Crippen LogP contribution in [0.3, 0.4) is 0 Å². The maximum absolute atomic E-state index is 12.5. The Morgan fingerprint density at radius 1 is 1.17 bits per heavy atom. The fourth-order valence-electron chi connectivity index (χ4n) is 3.09. The van der Waals surface area contributed by atoms with Crippen LogP contribution in [0.25, 0.3) is 0 Å². The Morgan fingerprint density at radius 3 is 2.29 bits per heavy atom. The van der Waals surface area contributed by atoms with E-state index in [0.29, 0.717) is 6.42 Å². The lowest BCUT2D eigenvalue weighted by atomic mass is 9.93. The Bertz CT molecular complexity index is 727. The molecule has 1 aromatic rings. The Kier molecular flexibility index (Phi) is 4.93. The quantitative estimate of drug-likeness (QED) is 0.446. The first-order valence-electron chi connectivity index (χ1n) is 7.64. The van der Waals surface area contributed by atoms with Crippen molar-refractivity contribution in [1.82, 2.24) is 0 Å². The molecule has 0 saturated heterocycles. The van der Waals surface area contributed by atoms with E-state index in [4.69, 9.17) is 0 Å². The molecule has 0 N–H and O–H groups in total. The molecule has 0 aromatic heterocycles. The second-order valence-corrected chi connectivity index (χ2v) is 13.5. The highest BCUT2D eigenvalue weighted by Crippen LogP contribution is 2.50. The van der Waals surface area contributed by atoms with Crippen LogP contribution in [0.2, 0.25) is 18.1 Å². The minimum atomic E-state index is -5.61. The molecular weight excluding hydrogens is 357 g/mol. The highest BCUT2D eigenvalue weighted by atomic mass is 32.2. The van der Waals surface area contributed by atoms with Crippen molar-refractivity contribution in [2.45, 2.75) is 49.8 Å². The van der Waals surface area contributed by atoms with Crippen molar-refractivity contribution in [3.63, 3.8) is 0 Å². The summed E-state index contributed by atoms with van der Waals surface area (Å²) in [6.45, 7) is 6.33. The van der Waals surface area contributed by atoms with Crippen molar-refractivity contribution in [2.24, 2.45) is 0 Å². The molecule has 1 atom stereocenters. The molecule has 8 heteroatoms. The van der Waals surface area contributed by atoms with Crippen LogP contribution >= 0.6 is 0 Å². The first-order chi connectivity index (χ1) is 10.9. The summed E-state index contributed by atoms with van der Waals surface area (Å²) in [7, 11) is -7.67. The van der Waals surface area contributed by atoms with Gasteiger partial charge in [0.1, 0.15) is 5.76 Å². The van der Waals surface area contributed by atoms with E-state index in [9.17, 15) is 21.6 Å². The number of allylic oxidation sites excluding steroid dienone is 2. The Balaban J connectivity index is 2.27. The van der Waals surface area contributed by atoms with Gasteiger partial charge in [0.05, 0.1) is 8.07 Å². The molecule has 0 heterocycles. The molecule has 24 heavy (non-hydrogen) atoms. The minimum absolute atomic E-state index is 0.0995. The molecule has 0 fully saturated rings. The molecule has 1 aliphatic rings. The van der Waals surface area contributed by atoms with Gasteiger partial charge in [-0.05, 0) is 24.0 Å². The lowest BCUT2D eigenvalue weighted by Gasteiger charge is -2.45. The average Bonchev–Trinajstić information content (AvgIpc) is 2.46. The molecule has 3 nitrogen and oxygen atoms in total. The van der Waals surface area contributed by atoms with Crippen LogP contribution in [0.15, 0.2) is 42.2 Å². The summed E-state index contributed by atoms with van der Waals surface area (Å²) in [5.74, 6) is -0.0995. The van der Waals surface area contributed by atoms with E-state index < -0.39 is 23.7 Å². The number of alkyl halides is 3. The van der Waals surface area contributed by atoms with E-state index >= 15 is 0 Å². The fraction of sp³-hybridized carbons (Fsp3) is 0.500. The van der Waals surface area contributed by atoms with Crippen molar-refractivity contribution in [3.8, 4) is 0 Å². The highest BCUT2D eigenvalue weighted by molar-refractivity contribution is 7.87. The van der Waals surface area contributed by atoms with E-state index in [-0.39, 0.29) is 17.2 Å². The van der Waals surface area contributed by atoms with Gasteiger partial charge in [-0.3, -0.25) is 0 Å². The zero-order chi connectivity index (χ0) is 18.2. The number of rotatable bonds is 4. The van der Waals surface area contributed by atoms with Crippen LogP contribution < -0.4 is 5.19 Å². The monoisotopic (exact) mass is 378 g/mol. The summed E-state index contributed by atoms with van der Waals surface area (Å²) in [4.78, 5) is 0. The van der Waals surface area contributed by atoms with Crippen molar-refractivity contribution in [1.29, 1.82) is 0 Å². The first-order valence-corrected chi connectivity index (χ1v) is 12.1. The molecule has 0 radical (unpaired) electrons. The number of hydrogen-bond donors (Lipinski definition) is 0. The molecule has 1 unspecified atom stereocenters. The Morgan fingerprint density at radius 2 is 1.75 bits per heavy atom. The van der Waals surface area contributed by atoms with Crippen molar-refractivity contribution in [3.05, 3.63) is 42.2 Å². The molecular formula is C16H21F3O3SSi. The predicted molar refractivity (Wildman–Crippen MR) is 89.9 cm³/mol. The first kappa shape index (κ1) is 19.0. The van der Waals surface area contributed by atoms with E-state index in [0.717, 1.165) is 6.42 Å². The van der Waals surface area contributed by atoms with E-state index in [1.54, 1.807) is 0 Å². The van der Waals surface area contributed by atoms with E-state index in [1.165, 1.54) is 11.3 Å². The van der Waals surface area contributed by atoms with Crippen LogP contribution in [0.4, 0.5) is 13.2 Å². The third-order valence-corrected chi connectivity index (χ3v) is 11.4. The third kappa shape index (κ3) is 3.54. The standard InChI is InChI=1S/C16H21F3O3SSi/c1-15(24(2,3)14-9-5-4-6-10-14)11-7-8-13(12-15)22-23(20,21)16(17,18)19/h4-6,8-10H,7,11-12H2,1-3H3. The SMILES string of the molecule is CC1([Si](C)(C)c2ccccc2)CCC=C(OS(=O)(=O)C(F)(F)F)C1. The zero-order valence-electron chi connectivity index (χ0n) is 13.9. The summed E-state index contributed by atoms with van der Waals surface area (Å²) in [6, 6.07) is 9.86.